The molecular formula is C54H50Cl4F2N4O8. The van der Waals surface area contributed by atoms with Crippen LogP contribution in [0, 0.1) is 11.6 Å². The van der Waals surface area contributed by atoms with Gasteiger partial charge in [-0.05, 0) is 137 Å². The zero-order chi connectivity index (χ0) is 51.8. The second-order valence-electron chi connectivity index (χ2n) is 19.9. The predicted molar refractivity (Wildman–Crippen MR) is 266 cm³/mol. The van der Waals surface area contributed by atoms with Crippen molar-refractivity contribution in [3.8, 4) is 0 Å². The number of aromatic nitrogens is 2. The standard InChI is InChI=1S/2C27H25Cl2FN2O4/c2*1-25(2,34)17-11-21-23(22(30)12-17)27(36-15-26(35)9-10-26,16-3-5-18(28)6-4-16)32(24(21)33)14-20-8-7-19(29)13-31-20/h2*3-8,11-13,34-35H,9-10,14-15H2,1-2H3/t27-;/m1./s1. The molecule has 4 N–H and O–H groups in total. The third-order valence-corrected chi connectivity index (χ3v) is 14.4. The van der Waals surface area contributed by atoms with Gasteiger partial charge in [-0.2, -0.15) is 0 Å². The van der Waals surface area contributed by atoms with Gasteiger partial charge in [0, 0.05) is 33.6 Å². The molecule has 18 heteroatoms. The molecule has 2 aliphatic carbocycles. The lowest BCUT2D eigenvalue weighted by molar-refractivity contribution is -0.139. The number of aliphatic hydroxyl groups is 4. The summed E-state index contributed by atoms with van der Waals surface area (Å²) in [6, 6.07) is 25.3. The molecule has 1 unspecified atom stereocenters. The summed E-state index contributed by atoms with van der Waals surface area (Å²) in [6.07, 6.45) is 5.12. The fourth-order valence-corrected chi connectivity index (χ4v) is 9.43. The van der Waals surface area contributed by atoms with Crippen LogP contribution in [0.3, 0.4) is 0 Å². The monoisotopic (exact) mass is 1060 g/mol. The quantitative estimate of drug-likeness (QED) is 0.0825. The van der Waals surface area contributed by atoms with Crippen molar-refractivity contribution in [1.82, 2.24) is 19.8 Å². The summed E-state index contributed by atoms with van der Waals surface area (Å²) >= 11 is 24.3. The molecular weight excluding hydrogens is 1010 g/mol. The first-order chi connectivity index (χ1) is 33.9. The van der Waals surface area contributed by atoms with Crippen LogP contribution in [0.15, 0.2) is 109 Å². The van der Waals surface area contributed by atoms with Gasteiger partial charge in [-0.25, -0.2) is 8.78 Å². The molecule has 0 saturated heterocycles. The molecule has 0 spiro atoms. The molecule has 2 amide bonds. The molecule has 10 rings (SSSR count). The maximum absolute atomic E-state index is 16.0. The number of rotatable bonds is 14. The molecule has 72 heavy (non-hydrogen) atoms. The highest BCUT2D eigenvalue weighted by Crippen LogP contribution is 2.52. The van der Waals surface area contributed by atoms with E-state index in [2.05, 4.69) is 9.97 Å². The number of benzene rings is 4. The van der Waals surface area contributed by atoms with Gasteiger partial charge in [0.25, 0.3) is 11.8 Å². The molecule has 0 radical (unpaired) electrons. The predicted octanol–water partition coefficient (Wildman–Crippen LogP) is 10.3. The number of fused-ring (bicyclic) bond motifs is 2. The Morgan fingerprint density at radius 1 is 0.556 bits per heavy atom. The summed E-state index contributed by atoms with van der Waals surface area (Å²) < 4.78 is 44.9. The average molecular weight is 1060 g/mol. The van der Waals surface area contributed by atoms with E-state index in [0.717, 1.165) is 0 Å². The number of pyridine rings is 2. The van der Waals surface area contributed by atoms with Crippen LogP contribution in [0.4, 0.5) is 8.78 Å². The lowest BCUT2D eigenvalue weighted by Gasteiger charge is -2.40. The minimum atomic E-state index is -1.71. The third-order valence-electron chi connectivity index (χ3n) is 13.4. The fourth-order valence-electron chi connectivity index (χ4n) is 8.96. The number of hydrogen-bond donors (Lipinski definition) is 4. The zero-order valence-corrected chi connectivity index (χ0v) is 42.6. The number of amides is 2. The highest BCUT2D eigenvalue weighted by atomic mass is 35.5. The highest BCUT2D eigenvalue weighted by molar-refractivity contribution is 6.31. The van der Waals surface area contributed by atoms with Crippen LogP contribution in [0.25, 0.3) is 0 Å². The van der Waals surface area contributed by atoms with E-state index in [9.17, 15) is 30.0 Å². The summed E-state index contributed by atoms with van der Waals surface area (Å²) in [5.41, 5.74) is -5.64. The summed E-state index contributed by atoms with van der Waals surface area (Å²) in [5, 5.41) is 44.2. The summed E-state index contributed by atoms with van der Waals surface area (Å²) in [4.78, 5) is 39.4. The van der Waals surface area contributed by atoms with Crippen molar-refractivity contribution in [2.45, 2.75) is 100 Å². The Hall–Kier alpha value is -5.10. The topological polar surface area (TPSA) is 166 Å². The third kappa shape index (κ3) is 9.99. The van der Waals surface area contributed by atoms with Crippen LogP contribution >= 0.6 is 46.4 Å². The van der Waals surface area contributed by atoms with Crippen LogP contribution in [0.1, 0.15) is 119 Å². The maximum Gasteiger partial charge on any atom is 0.257 e. The van der Waals surface area contributed by atoms with Crippen molar-refractivity contribution in [2.75, 3.05) is 13.2 Å². The van der Waals surface area contributed by atoms with Crippen molar-refractivity contribution in [3.63, 3.8) is 0 Å². The molecule has 4 aliphatic rings. The van der Waals surface area contributed by atoms with Gasteiger partial charge in [-0.1, -0.05) is 70.7 Å². The first-order valence-corrected chi connectivity index (χ1v) is 24.6. The molecule has 12 nitrogen and oxygen atoms in total. The fraction of sp³-hybridized carbons (Fsp3) is 0.333. The molecule has 2 fully saturated rings. The van der Waals surface area contributed by atoms with Gasteiger partial charge in [-0.3, -0.25) is 29.4 Å². The van der Waals surface area contributed by atoms with E-state index < -0.39 is 57.3 Å². The molecule has 4 heterocycles. The van der Waals surface area contributed by atoms with Crippen LogP contribution in [0.2, 0.25) is 20.1 Å². The normalized spacial score (nSPS) is 20.5. The van der Waals surface area contributed by atoms with E-state index in [1.807, 2.05) is 0 Å². The van der Waals surface area contributed by atoms with Crippen LogP contribution in [-0.2, 0) is 45.2 Å². The van der Waals surface area contributed by atoms with E-state index in [0.29, 0.717) is 68.3 Å². The minimum Gasteiger partial charge on any atom is -0.387 e. The number of carbonyl (C=O) groups excluding carboxylic acids is 2. The smallest absolute Gasteiger partial charge is 0.257 e. The van der Waals surface area contributed by atoms with E-state index in [1.165, 1.54) is 74.2 Å². The Balaban J connectivity index is 0.000000178. The van der Waals surface area contributed by atoms with Crippen LogP contribution in [0.5, 0.6) is 0 Å². The lowest BCUT2D eigenvalue weighted by Crippen LogP contribution is -2.48. The van der Waals surface area contributed by atoms with Crippen LogP contribution < -0.4 is 0 Å². The van der Waals surface area contributed by atoms with E-state index in [1.54, 1.807) is 72.8 Å². The second-order valence-corrected chi connectivity index (χ2v) is 21.7. The molecule has 0 bridgehead atoms. The SMILES string of the molecule is CC(C)(O)c1cc(F)c2c(c1)C(=O)N(Cc1ccc(Cl)cn1)C2(OCC1(O)CC1)c1ccc(Cl)cc1.CC(C)(O)c1cc(F)c2c(c1)C(=O)N(Cc1ccc(Cl)cn1)[C@@]2(OCC1(O)CC1)c1ccc(Cl)cc1. The largest absolute Gasteiger partial charge is 0.387 e. The van der Waals surface area contributed by atoms with Crippen molar-refractivity contribution in [2.24, 2.45) is 0 Å². The Kier molecular flexibility index (Phi) is 13.7. The van der Waals surface area contributed by atoms with Gasteiger partial charge in [-0.15, -0.1) is 0 Å². The molecule has 6 aromatic rings. The minimum absolute atomic E-state index is 0.0148. The molecule has 2 aliphatic heterocycles. The summed E-state index contributed by atoms with van der Waals surface area (Å²) in [6.45, 7) is 5.82. The number of carbonyl (C=O) groups is 2. The van der Waals surface area contributed by atoms with E-state index in [4.69, 9.17) is 55.9 Å². The molecule has 4 aromatic carbocycles. The zero-order valence-electron chi connectivity index (χ0n) is 39.5. The van der Waals surface area contributed by atoms with Crippen LogP contribution in [-0.4, -0.2) is 76.4 Å². The molecule has 2 atom stereocenters. The Bertz CT molecular complexity index is 2850. The lowest BCUT2D eigenvalue weighted by atomic mass is 9.88. The Labute approximate surface area is 434 Å². The number of ether oxygens (including phenoxy) is 2. The number of halogens is 6. The summed E-state index contributed by atoms with van der Waals surface area (Å²) in [7, 11) is 0. The maximum atomic E-state index is 16.0. The first kappa shape index (κ1) is 51.8. The summed E-state index contributed by atoms with van der Waals surface area (Å²) in [5.74, 6) is -2.40. The van der Waals surface area contributed by atoms with E-state index >= 15 is 8.78 Å². The number of nitrogens with zero attached hydrogens (tertiary/aromatic N) is 4. The molecule has 2 saturated carbocycles. The second kappa shape index (κ2) is 19.0. The van der Waals surface area contributed by atoms with Crippen molar-refractivity contribution < 1.29 is 48.3 Å². The van der Waals surface area contributed by atoms with Gasteiger partial charge in [0.2, 0.25) is 0 Å². The van der Waals surface area contributed by atoms with Crippen molar-refractivity contribution in [1.29, 1.82) is 0 Å². The van der Waals surface area contributed by atoms with Gasteiger partial charge in [0.15, 0.2) is 11.4 Å². The van der Waals surface area contributed by atoms with Crippen molar-refractivity contribution in [3.05, 3.63) is 197 Å². The Morgan fingerprint density at radius 3 is 1.18 bits per heavy atom. The molecule has 376 valence electrons. The van der Waals surface area contributed by atoms with Gasteiger partial charge < -0.3 is 29.9 Å². The first-order valence-electron chi connectivity index (χ1n) is 23.1. The van der Waals surface area contributed by atoms with Gasteiger partial charge in [0.1, 0.15) is 11.6 Å². The van der Waals surface area contributed by atoms with Gasteiger partial charge in [0.05, 0.1) is 92.4 Å². The van der Waals surface area contributed by atoms with Gasteiger partial charge >= 0.3 is 0 Å². The number of hydrogen-bond acceptors (Lipinski definition) is 10. The average Bonchev–Trinajstić information content (AvgIpc) is 4.23. The van der Waals surface area contributed by atoms with Crippen molar-refractivity contribution >= 4 is 58.2 Å². The molecule has 2 aromatic heterocycles. The Morgan fingerprint density at radius 2 is 0.889 bits per heavy atom. The highest BCUT2D eigenvalue weighted by Gasteiger charge is 2.58. The van der Waals surface area contributed by atoms with E-state index in [-0.39, 0.29) is 59.7 Å².